The Labute approximate surface area is 192 Å². The van der Waals surface area contributed by atoms with Crippen LogP contribution in [0.2, 0.25) is 5.02 Å². The van der Waals surface area contributed by atoms with Crippen molar-refractivity contribution in [1.29, 1.82) is 0 Å². The highest BCUT2D eigenvalue weighted by molar-refractivity contribution is 7.17. The Kier molecular flexibility index (Phi) is 6.43. The predicted octanol–water partition coefficient (Wildman–Crippen LogP) is 3.58. The number of hydrogen-bond donors (Lipinski definition) is 1. The Hall–Kier alpha value is -3.36. The predicted molar refractivity (Wildman–Crippen MR) is 126 cm³/mol. The van der Waals surface area contributed by atoms with Gasteiger partial charge in [-0.2, -0.15) is 0 Å². The van der Waals surface area contributed by atoms with Gasteiger partial charge in [0.25, 0.3) is 5.56 Å². The summed E-state index contributed by atoms with van der Waals surface area (Å²) in [6.07, 6.45) is 0. The topological polar surface area (TPSA) is 82.3 Å². The molecule has 0 unspecified atom stereocenters. The van der Waals surface area contributed by atoms with Crippen molar-refractivity contribution in [3.05, 3.63) is 91.4 Å². The number of carbonyl (C=O) groups excluding carboxylic acids is 1. The van der Waals surface area contributed by atoms with Gasteiger partial charge in [-0.15, -0.1) is 11.3 Å². The maximum Gasteiger partial charge on any atom is 0.336 e. The minimum Gasteiger partial charge on any atom is -0.494 e. The molecule has 0 aliphatic carbocycles. The van der Waals surface area contributed by atoms with Gasteiger partial charge in [-0.1, -0.05) is 29.8 Å². The lowest BCUT2D eigenvalue weighted by atomic mass is 10.2. The number of fused-ring (bicyclic) bond motifs is 1. The Morgan fingerprint density at radius 3 is 2.56 bits per heavy atom. The smallest absolute Gasteiger partial charge is 0.336 e. The van der Waals surface area contributed by atoms with Crippen molar-refractivity contribution in [2.75, 3.05) is 6.61 Å². The van der Waals surface area contributed by atoms with E-state index < -0.39 is 11.2 Å². The minimum atomic E-state index is -0.585. The molecule has 0 radical (unpaired) electrons. The first-order chi connectivity index (χ1) is 15.5. The van der Waals surface area contributed by atoms with Gasteiger partial charge >= 0.3 is 5.69 Å². The second kappa shape index (κ2) is 9.42. The fourth-order valence-corrected chi connectivity index (χ4v) is 4.39. The number of rotatable bonds is 7. The van der Waals surface area contributed by atoms with Gasteiger partial charge < -0.3 is 10.1 Å². The van der Waals surface area contributed by atoms with Crippen LogP contribution in [-0.4, -0.2) is 21.6 Å². The van der Waals surface area contributed by atoms with E-state index in [1.165, 1.54) is 15.9 Å². The van der Waals surface area contributed by atoms with Crippen molar-refractivity contribution in [2.45, 2.75) is 20.0 Å². The number of nitrogens with zero attached hydrogens (tertiary/aromatic N) is 2. The molecule has 0 bridgehead atoms. The van der Waals surface area contributed by atoms with Gasteiger partial charge in [-0.3, -0.25) is 14.2 Å². The summed E-state index contributed by atoms with van der Waals surface area (Å²) in [6, 6.07) is 15.6. The molecule has 9 heteroatoms. The van der Waals surface area contributed by atoms with E-state index in [1.54, 1.807) is 41.8 Å². The number of aromatic nitrogens is 2. The van der Waals surface area contributed by atoms with Gasteiger partial charge in [-0.05, 0) is 54.3 Å². The molecule has 7 nitrogen and oxygen atoms in total. The maximum atomic E-state index is 13.3. The number of amides is 1. The van der Waals surface area contributed by atoms with Gasteiger partial charge in [-0.25, -0.2) is 9.36 Å². The SMILES string of the molecule is CCOc1ccc(-n2c(=O)c3sccc3n(CC(=O)NCc3ccccc3Cl)c2=O)cc1. The second-order valence-electron chi connectivity index (χ2n) is 6.94. The van der Waals surface area contributed by atoms with E-state index in [1.807, 2.05) is 25.1 Å². The number of nitrogens with one attached hydrogen (secondary N) is 1. The summed E-state index contributed by atoms with van der Waals surface area (Å²) in [5.41, 5.74) is 0.605. The van der Waals surface area contributed by atoms with Crippen LogP contribution in [0, 0.1) is 0 Å². The van der Waals surface area contributed by atoms with Gasteiger partial charge in [0, 0.05) is 11.6 Å². The summed E-state index contributed by atoms with van der Waals surface area (Å²) >= 11 is 7.37. The van der Waals surface area contributed by atoms with Gasteiger partial charge in [0.15, 0.2) is 0 Å². The Morgan fingerprint density at radius 1 is 1.09 bits per heavy atom. The van der Waals surface area contributed by atoms with Crippen molar-refractivity contribution in [2.24, 2.45) is 0 Å². The van der Waals surface area contributed by atoms with Crippen molar-refractivity contribution >= 4 is 39.1 Å². The number of hydrogen-bond acceptors (Lipinski definition) is 5. The molecule has 2 heterocycles. The molecule has 1 N–H and O–H groups in total. The summed E-state index contributed by atoms with van der Waals surface area (Å²) < 4.78 is 8.22. The summed E-state index contributed by atoms with van der Waals surface area (Å²) in [4.78, 5) is 38.9. The number of ether oxygens (including phenoxy) is 1. The molecule has 2 aromatic carbocycles. The van der Waals surface area contributed by atoms with Gasteiger partial charge in [0.2, 0.25) is 5.91 Å². The number of carbonyl (C=O) groups is 1. The Morgan fingerprint density at radius 2 is 1.84 bits per heavy atom. The molecule has 4 aromatic rings. The lowest BCUT2D eigenvalue weighted by Crippen LogP contribution is -2.41. The van der Waals surface area contributed by atoms with E-state index in [0.717, 1.165) is 10.1 Å². The van der Waals surface area contributed by atoms with Crippen LogP contribution in [0.5, 0.6) is 5.75 Å². The molecule has 0 saturated carbocycles. The molecule has 0 aliphatic rings. The minimum absolute atomic E-state index is 0.228. The fraction of sp³-hybridized carbons (Fsp3) is 0.174. The van der Waals surface area contributed by atoms with E-state index in [9.17, 15) is 14.4 Å². The Balaban J connectivity index is 1.68. The van der Waals surface area contributed by atoms with E-state index >= 15 is 0 Å². The highest BCUT2D eigenvalue weighted by Gasteiger charge is 2.17. The van der Waals surface area contributed by atoms with Crippen molar-refractivity contribution in [3.8, 4) is 11.4 Å². The molecular formula is C23H20ClN3O4S. The maximum absolute atomic E-state index is 13.3. The van der Waals surface area contributed by atoms with E-state index in [0.29, 0.717) is 33.3 Å². The van der Waals surface area contributed by atoms with Crippen LogP contribution < -0.4 is 21.3 Å². The van der Waals surface area contributed by atoms with Crippen LogP contribution >= 0.6 is 22.9 Å². The van der Waals surface area contributed by atoms with Gasteiger partial charge in [0.1, 0.15) is 17.0 Å². The quantitative estimate of drug-likeness (QED) is 0.448. The monoisotopic (exact) mass is 469 g/mol. The molecule has 0 atom stereocenters. The van der Waals surface area contributed by atoms with E-state index in [-0.39, 0.29) is 19.0 Å². The standard InChI is InChI=1S/C23H20ClN3O4S/c1-2-31-17-9-7-16(8-10-17)27-22(29)21-19(11-12-32-21)26(23(27)30)14-20(28)25-13-15-5-3-4-6-18(15)24/h3-12H,2,13-14H2,1H3,(H,25,28). The highest BCUT2D eigenvalue weighted by atomic mass is 35.5. The molecule has 0 fully saturated rings. The van der Waals surface area contributed by atoms with Crippen LogP contribution in [0.4, 0.5) is 0 Å². The average molecular weight is 470 g/mol. The third-order valence-electron chi connectivity index (χ3n) is 4.90. The molecule has 0 aliphatic heterocycles. The summed E-state index contributed by atoms with van der Waals surface area (Å²) in [6.45, 7) is 2.39. The molecule has 1 amide bonds. The number of benzene rings is 2. The zero-order chi connectivity index (χ0) is 22.7. The first-order valence-electron chi connectivity index (χ1n) is 9.96. The van der Waals surface area contributed by atoms with Crippen LogP contribution in [0.3, 0.4) is 0 Å². The van der Waals surface area contributed by atoms with Crippen LogP contribution in [0.15, 0.2) is 69.6 Å². The first kappa shape index (κ1) is 21.9. The van der Waals surface area contributed by atoms with Gasteiger partial charge in [0.05, 0.1) is 17.8 Å². The molecule has 164 valence electrons. The molecular weight excluding hydrogens is 450 g/mol. The normalized spacial score (nSPS) is 10.9. The average Bonchev–Trinajstić information content (AvgIpc) is 3.28. The second-order valence-corrected chi connectivity index (χ2v) is 8.26. The van der Waals surface area contributed by atoms with Crippen molar-refractivity contribution in [1.82, 2.24) is 14.5 Å². The molecule has 2 aromatic heterocycles. The zero-order valence-electron chi connectivity index (χ0n) is 17.2. The fourth-order valence-electron chi connectivity index (χ4n) is 3.36. The van der Waals surface area contributed by atoms with Crippen molar-refractivity contribution in [3.63, 3.8) is 0 Å². The molecule has 4 rings (SSSR count). The molecule has 32 heavy (non-hydrogen) atoms. The highest BCUT2D eigenvalue weighted by Crippen LogP contribution is 2.18. The first-order valence-corrected chi connectivity index (χ1v) is 11.2. The van der Waals surface area contributed by atoms with E-state index in [2.05, 4.69) is 5.32 Å². The summed E-state index contributed by atoms with van der Waals surface area (Å²) in [5, 5.41) is 5.06. The third-order valence-corrected chi connectivity index (χ3v) is 6.16. The third kappa shape index (κ3) is 4.32. The number of halogens is 1. The van der Waals surface area contributed by atoms with Crippen LogP contribution in [0.1, 0.15) is 12.5 Å². The van der Waals surface area contributed by atoms with Crippen LogP contribution in [-0.2, 0) is 17.9 Å². The summed E-state index contributed by atoms with van der Waals surface area (Å²) in [5.74, 6) is 0.275. The van der Waals surface area contributed by atoms with E-state index in [4.69, 9.17) is 16.3 Å². The lowest BCUT2D eigenvalue weighted by molar-refractivity contribution is -0.121. The molecule has 0 saturated heterocycles. The lowest BCUT2D eigenvalue weighted by Gasteiger charge is -2.13. The van der Waals surface area contributed by atoms with Crippen molar-refractivity contribution < 1.29 is 9.53 Å². The Bertz CT molecular complexity index is 1390. The number of thiophene rings is 1. The molecule has 0 spiro atoms. The zero-order valence-corrected chi connectivity index (χ0v) is 18.8. The largest absolute Gasteiger partial charge is 0.494 e. The summed E-state index contributed by atoms with van der Waals surface area (Å²) in [7, 11) is 0. The van der Waals surface area contributed by atoms with Crippen LogP contribution in [0.25, 0.3) is 15.9 Å².